The second-order valence-corrected chi connectivity index (χ2v) is 8.55. The van der Waals surface area contributed by atoms with E-state index < -0.39 is 11.6 Å². The van der Waals surface area contributed by atoms with Crippen molar-refractivity contribution in [3.63, 3.8) is 0 Å². The molecule has 0 saturated carbocycles. The molecule has 0 N–H and O–H groups in total. The first kappa shape index (κ1) is 23.0. The smallest absolute Gasteiger partial charge is 0.255 e. The summed E-state index contributed by atoms with van der Waals surface area (Å²) in [6, 6.07) is 9.03. The molecule has 1 aliphatic rings. The van der Waals surface area contributed by atoms with E-state index in [0.29, 0.717) is 60.3 Å². The number of pyridine rings is 1. The number of halogens is 3. The highest BCUT2D eigenvalue weighted by atomic mass is 35.5. The Morgan fingerprint density at radius 3 is 2.76 bits per heavy atom. The molecule has 3 aromatic rings. The molecule has 33 heavy (non-hydrogen) atoms. The fraction of sp³-hybridized carbons (Fsp3) is 0.333. The Labute approximate surface area is 195 Å². The molecular weight excluding hydrogens is 450 g/mol. The maximum atomic E-state index is 14.0. The lowest BCUT2D eigenvalue weighted by Gasteiger charge is -2.39. The van der Waals surface area contributed by atoms with Crippen LogP contribution in [0.1, 0.15) is 40.4 Å². The van der Waals surface area contributed by atoms with Gasteiger partial charge in [-0.2, -0.15) is 10.2 Å². The summed E-state index contributed by atoms with van der Waals surface area (Å²) in [7, 11) is 0. The van der Waals surface area contributed by atoms with E-state index in [9.17, 15) is 13.6 Å². The van der Waals surface area contributed by atoms with Gasteiger partial charge in [0.15, 0.2) is 11.6 Å². The van der Waals surface area contributed by atoms with Crippen LogP contribution in [0, 0.1) is 24.5 Å². The maximum absolute atomic E-state index is 14.0. The molecule has 4 rings (SSSR count). The Morgan fingerprint density at radius 1 is 1.18 bits per heavy atom. The molecule has 1 aromatic carbocycles. The third-order valence-electron chi connectivity index (χ3n) is 5.88. The summed E-state index contributed by atoms with van der Waals surface area (Å²) in [5.74, 6) is -1.53. The van der Waals surface area contributed by atoms with Crippen LogP contribution in [0.2, 0.25) is 5.02 Å². The highest BCUT2D eigenvalue weighted by Gasteiger charge is 2.33. The number of aryl methyl sites for hydroxylation is 1. The monoisotopic (exact) mass is 472 g/mol. The lowest BCUT2D eigenvalue weighted by molar-refractivity contribution is 0.0643. The Kier molecular flexibility index (Phi) is 7.13. The zero-order chi connectivity index (χ0) is 23.4. The number of carbonyl (C=O) groups is 1. The van der Waals surface area contributed by atoms with Crippen LogP contribution >= 0.6 is 11.6 Å². The van der Waals surface area contributed by atoms with E-state index in [1.54, 1.807) is 36.1 Å². The van der Waals surface area contributed by atoms with Crippen LogP contribution in [-0.2, 0) is 0 Å². The van der Waals surface area contributed by atoms with E-state index in [2.05, 4.69) is 15.2 Å². The summed E-state index contributed by atoms with van der Waals surface area (Å²) in [4.78, 5) is 18.9. The van der Waals surface area contributed by atoms with Crippen LogP contribution in [0.3, 0.4) is 0 Å². The van der Waals surface area contributed by atoms with Gasteiger partial charge < -0.3 is 9.64 Å². The zero-order valence-corrected chi connectivity index (χ0v) is 18.8. The molecule has 0 unspecified atom stereocenters. The van der Waals surface area contributed by atoms with E-state index in [4.69, 9.17) is 16.3 Å². The summed E-state index contributed by atoms with van der Waals surface area (Å²) in [6.45, 7) is 3.11. The molecule has 1 fully saturated rings. The fourth-order valence-electron chi connectivity index (χ4n) is 4.19. The number of likely N-dealkylation sites (tertiary alicyclic amines) is 1. The lowest BCUT2D eigenvalue weighted by Crippen LogP contribution is -2.43. The van der Waals surface area contributed by atoms with Crippen LogP contribution < -0.4 is 4.74 Å². The summed E-state index contributed by atoms with van der Waals surface area (Å²) in [5, 5.41) is 8.29. The second-order valence-electron chi connectivity index (χ2n) is 8.12. The SMILES string of the molecule is Cc1cc(C(=O)N2CC[C@@H](CCOc3ccc(Cl)cn3)[C@@H](c3ccc(F)c(F)c3)C2)cnn1. The van der Waals surface area contributed by atoms with Crippen LogP contribution in [0.15, 0.2) is 48.8 Å². The molecule has 2 atom stereocenters. The number of amides is 1. The first-order valence-electron chi connectivity index (χ1n) is 10.7. The van der Waals surface area contributed by atoms with Gasteiger partial charge in [-0.05, 0) is 55.5 Å². The number of ether oxygens (including phenoxy) is 1. The van der Waals surface area contributed by atoms with Gasteiger partial charge in [-0.1, -0.05) is 17.7 Å². The van der Waals surface area contributed by atoms with Gasteiger partial charge in [0.2, 0.25) is 5.88 Å². The van der Waals surface area contributed by atoms with E-state index in [1.807, 2.05) is 0 Å². The van der Waals surface area contributed by atoms with Gasteiger partial charge in [0.25, 0.3) is 5.91 Å². The first-order chi connectivity index (χ1) is 15.9. The largest absolute Gasteiger partial charge is 0.478 e. The molecular formula is C24H23ClF2N4O2. The molecule has 1 amide bonds. The predicted octanol–water partition coefficient (Wildman–Crippen LogP) is 4.83. The van der Waals surface area contributed by atoms with Gasteiger partial charge >= 0.3 is 0 Å². The number of carbonyl (C=O) groups excluding carboxylic acids is 1. The number of piperidine rings is 1. The fourth-order valence-corrected chi connectivity index (χ4v) is 4.30. The Hall–Kier alpha value is -3.13. The van der Waals surface area contributed by atoms with Crippen LogP contribution in [0.25, 0.3) is 0 Å². The third kappa shape index (κ3) is 5.63. The van der Waals surface area contributed by atoms with Crippen molar-refractivity contribution in [2.75, 3.05) is 19.7 Å². The van der Waals surface area contributed by atoms with E-state index in [-0.39, 0.29) is 17.7 Å². The number of benzene rings is 1. The minimum atomic E-state index is -0.898. The molecule has 0 aliphatic carbocycles. The normalized spacial score (nSPS) is 18.2. The highest BCUT2D eigenvalue weighted by Crippen LogP contribution is 2.36. The number of aromatic nitrogens is 3. The maximum Gasteiger partial charge on any atom is 0.255 e. The van der Waals surface area contributed by atoms with Crippen molar-refractivity contribution in [3.8, 4) is 5.88 Å². The minimum Gasteiger partial charge on any atom is -0.478 e. The molecule has 6 nitrogen and oxygen atoms in total. The molecule has 2 aromatic heterocycles. The van der Waals surface area contributed by atoms with Crippen molar-refractivity contribution in [2.24, 2.45) is 5.92 Å². The van der Waals surface area contributed by atoms with Gasteiger partial charge in [0.1, 0.15) is 0 Å². The van der Waals surface area contributed by atoms with Crippen LogP contribution in [0.4, 0.5) is 8.78 Å². The van der Waals surface area contributed by atoms with Crippen molar-refractivity contribution in [1.29, 1.82) is 0 Å². The zero-order valence-electron chi connectivity index (χ0n) is 18.0. The lowest BCUT2D eigenvalue weighted by atomic mass is 9.79. The van der Waals surface area contributed by atoms with E-state index in [0.717, 1.165) is 6.07 Å². The Morgan fingerprint density at radius 2 is 2.03 bits per heavy atom. The topological polar surface area (TPSA) is 68.2 Å². The van der Waals surface area contributed by atoms with Gasteiger partial charge in [-0.15, -0.1) is 0 Å². The molecule has 172 valence electrons. The quantitative estimate of drug-likeness (QED) is 0.514. The molecule has 9 heteroatoms. The third-order valence-corrected chi connectivity index (χ3v) is 6.10. The standard InChI is InChI=1S/C24H23ClF2N4O2/c1-15-10-18(12-29-30-15)24(32)31-8-6-16(7-9-33-23-5-3-19(25)13-28-23)20(14-31)17-2-4-21(26)22(27)11-17/h2-5,10-13,16,20H,6-9,14H2,1H3/t16-,20-/m0/s1. The first-order valence-corrected chi connectivity index (χ1v) is 11.1. The van der Waals surface area contributed by atoms with Crippen molar-refractivity contribution in [2.45, 2.75) is 25.7 Å². The van der Waals surface area contributed by atoms with Crippen LogP contribution in [0.5, 0.6) is 5.88 Å². The van der Waals surface area contributed by atoms with E-state index >= 15 is 0 Å². The Balaban J connectivity index is 1.50. The number of hydrogen-bond acceptors (Lipinski definition) is 5. The molecule has 3 heterocycles. The molecule has 0 bridgehead atoms. The number of hydrogen-bond donors (Lipinski definition) is 0. The van der Waals surface area contributed by atoms with Gasteiger partial charge in [0.05, 0.1) is 29.1 Å². The second kappa shape index (κ2) is 10.2. The van der Waals surface area contributed by atoms with Gasteiger partial charge in [-0.25, -0.2) is 13.8 Å². The van der Waals surface area contributed by atoms with Gasteiger partial charge in [-0.3, -0.25) is 4.79 Å². The number of rotatable bonds is 6. The highest BCUT2D eigenvalue weighted by molar-refractivity contribution is 6.30. The predicted molar refractivity (Wildman–Crippen MR) is 119 cm³/mol. The Bertz CT molecular complexity index is 1130. The van der Waals surface area contributed by atoms with Crippen molar-refractivity contribution in [1.82, 2.24) is 20.1 Å². The molecule has 1 aliphatic heterocycles. The molecule has 0 radical (unpaired) electrons. The van der Waals surface area contributed by atoms with Gasteiger partial charge in [0, 0.05) is 31.3 Å². The van der Waals surface area contributed by atoms with Crippen molar-refractivity contribution < 1.29 is 18.3 Å². The van der Waals surface area contributed by atoms with E-state index in [1.165, 1.54) is 18.5 Å². The average Bonchev–Trinajstić information content (AvgIpc) is 2.82. The summed E-state index contributed by atoms with van der Waals surface area (Å²) in [6.07, 6.45) is 4.33. The summed E-state index contributed by atoms with van der Waals surface area (Å²) in [5.41, 5.74) is 1.77. The van der Waals surface area contributed by atoms with Crippen LogP contribution in [-0.4, -0.2) is 45.7 Å². The average molecular weight is 473 g/mol. The molecule has 1 saturated heterocycles. The minimum absolute atomic E-state index is 0.114. The summed E-state index contributed by atoms with van der Waals surface area (Å²) >= 11 is 5.86. The van der Waals surface area contributed by atoms with Crippen molar-refractivity contribution >= 4 is 17.5 Å². The van der Waals surface area contributed by atoms with Crippen molar-refractivity contribution in [3.05, 3.63) is 82.3 Å². The summed E-state index contributed by atoms with van der Waals surface area (Å²) < 4.78 is 33.3. The number of nitrogens with zero attached hydrogens (tertiary/aromatic N) is 4. The molecule has 0 spiro atoms.